The Labute approximate surface area is 238 Å². The number of carbonyl (C=O) groups is 1. The number of nitrogens with one attached hydrogen (secondary N) is 2. The summed E-state index contributed by atoms with van der Waals surface area (Å²) in [6, 6.07) is 21.8. The quantitative estimate of drug-likeness (QED) is 0.183. The number of rotatable bonds is 13. The average molecular weight is 562 g/mol. The molecule has 0 saturated heterocycles. The summed E-state index contributed by atoms with van der Waals surface area (Å²) in [7, 11) is 0. The number of aromatic nitrogens is 1. The first kappa shape index (κ1) is 29.4. The lowest BCUT2D eigenvalue weighted by atomic mass is 10.00. The van der Waals surface area contributed by atoms with Crippen LogP contribution in [0, 0.1) is 11.6 Å². The van der Waals surface area contributed by atoms with Gasteiger partial charge in [0.15, 0.2) is 0 Å². The van der Waals surface area contributed by atoms with Gasteiger partial charge in [0, 0.05) is 47.8 Å². The van der Waals surface area contributed by atoms with Crippen molar-refractivity contribution >= 4 is 17.7 Å². The van der Waals surface area contributed by atoms with Gasteiger partial charge in [-0.25, -0.2) is 8.78 Å². The number of hydrogen-bond acceptors (Lipinski definition) is 5. The van der Waals surface area contributed by atoms with Crippen LogP contribution in [0.4, 0.5) is 8.78 Å². The second-order valence-electron chi connectivity index (χ2n) is 9.61. The number of aryl methyl sites for hydroxylation is 1. The Balaban J connectivity index is 1.44. The first-order valence-electron chi connectivity index (χ1n) is 13.2. The van der Waals surface area contributed by atoms with Crippen molar-refractivity contribution in [1.82, 2.24) is 15.6 Å². The van der Waals surface area contributed by atoms with Gasteiger partial charge in [-0.05, 0) is 77.6 Å². The molecule has 0 fully saturated rings. The molecule has 1 heterocycles. The number of hydrogen-bond donors (Lipinski definition) is 3. The Morgan fingerprint density at radius 3 is 2.38 bits per heavy atom. The van der Waals surface area contributed by atoms with Crippen molar-refractivity contribution in [3.05, 3.63) is 131 Å². The largest absolute Gasteiger partial charge is 0.390 e. The van der Waals surface area contributed by atoms with Crippen LogP contribution in [-0.4, -0.2) is 34.7 Å². The highest BCUT2D eigenvalue weighted by atomic mass is 32.2. The van der Waals surface area contributed by atoms with Crippen LogP contribution in [0.3, 0.4) is 0 Å². The van der Waals surface area contributed by atoms with E-state index in [4.69, 9.17) is 0 Å². The van der Waals surface area contributed by atoms with Gasteiger partial charge in [0.25, 0.3) is 5.91 Å². The van der Waals surface area contributed by atoms with E-state index in [1.807, 2.05) is 36.4 Å². The number of thioether (sulfide) groups is 1. The Kier molecular flexibility index (Phi) is 10.8. The molecule has 1 amide bonds. The molecule has 1 aromatic heterocycles. The molecule has 0 aliphatic rings. The fraction of sp³-hybridized carbons (Fsp3) is 0.250. The highest BCUT2D eigenvalue weighted by Gasteiger charge is 2.23. The predicted molar refractivity (Wildman–Crippen MR) is 155 cm³/mol. The Hall–Kier alpha value is -3.59. The number of pyridine rings is 1. The van der Waals surface area contributed by atoms with Crippen LogP contribution in [0.5, 0.6) is 0 Å². The van der Waals surface area contributed by atoms with E-state index in [1.165, 1.54) is 17.7 Å². The molecule has 3 N–H and O–H groups in total. The van der Waals surface area contributed by atoms with Gasteiger partial charge in [-0.1, -0.05) is 37.3 Å². The smallest absolute Gasteiger partial charge is 0.251 e. The highest BCUT2D eigenvalue weighted by molar-refractivity contribution is 7.98. The van der Waals surface area contributed by atoms with E-state index in [0.717, 1.165) is 34.3 Å². The minimum atomic E-state index is -1.01. The van der Waals surface area contributed by atoms with Crippen molar-refractivity contribution in [1.29, 1.82) is 0 Å². The molecule has 2 atom stereocenters. The van der Waals surface area contributed by atoms with Crippen molar-refractivity contribution in [2.24, 2.45) is 0 Å². The summed E-state index contributed by atoms with van der Waals surface area (Å²) >= 11 is 1.60. The first-order valence-corrected chi connectivity index (χ1v) is 14.2. The van der Waals surface area contributed by atoms with E-state index in [-0.39, 0.29) is 18.9 Å². The minimum absolute atomic E-state index is 0.0606. The normalized spacial score (nSPS) is 12.6. The van der Waals surface area contributed by atoms with Crippen molar-refractivity contribution in [3.63, 3.8) is 0 Å². The Bertz CT molecular complexity index is 1380. The van der Waals surface area contributed by atoms with Gasteiger partial charge in [-0.3, -0.25) is 9.78 Å². The lowest BCUT2D eigenvalue weighted by Crippen LogP contribution is -2.48. The molecule has 0 radical (unpaired) electrons. The molecule has 0 saturated carbocycles. The molecule has 0 unspecified atom stereocenters. The zero-order valence-electron chi connectivity index (χ0n) is 22.3. The van der Waals surface area contributed by atoms with Gasteiger partial charge in [-0.15, -0.1) is 11.8 Å². The molecule has 8 heteroatoms. The van der Waals surface area contributed by atoms with Crippen LogP contribution in [0.2, 0.25) is 0 Å². The van der Waals surface area contributed by atoms with Crippen LogP contribution in [0.25, 0.3) is 0 Å². The fourth-order valence-corrected chi connectivity index (χ4v) is 5.27. The van der Waals surface area contributed by atoms with Gasteiger partial charge in [0.2, 0.25) is 0 Å². The number of amides is 1. The molecule has 0 aliphatic carbocycles. The fourth-order valence-electron chi connectivity index (χ4n) is 4.36. The second kappa shape index (κ2) is 14.7. The molecular weight excluding hydrogens is 528 g/mol. The van der Waals surface area contributed by atoms with Crippen LogP contribution >= 0.6 is 11.8 Å². The maximum atomic E-state index is 13.9. The van der Waals surface area contributed by atoms with E-state index in [0.29, 0.717) is 17.7 Å². The van der Waals surface area contributed by atoms with Crippen molar-refractivity contribution in [2.75, 3.05) is 6.54 Å². The van der Waals surface area contributed by atoms with E-state index in [1.54, 1.807) is 36.3 Å². The maximum Gasteiger partial charge on any atom is 0.251 e. The molecule has 3 aromatic carbocycles. The molecule has 208 valence electrons. The standard InChI is InChI=1S/C32H33F2N3O2S/c1-2-22-5-3-6-24(13-22)19-36-20-31(38)30(16-25-14-27(33)18-28(34)15-25)37-32(39)26-7-4-8-29(17-26)40-21-23-9-11-35-12-10-23/h3-15,17-18,30-31,36,38H,2,16,19-21H2,1H3,(H,37,39)/t30-,31+/m0/s1. The molecule has 40 heavy (non-hydrogen) atoms. The highest BCUT2D eigenvalue weighted by Crippen LogP contribution is 2.23. The van der Waals surface area contributed by atoms with E-state index >= 15 is 0 Å². The summed E-state index contributed by atoms with van der Waals surface area (Å²) in [4.78, 5) is 18.2. The lowest BCUT2D eigenvalue weighted by molar-refractivity contribution is 0.0829. The van der Waals surface area contributed by atoms with Crippen LogP contribution in [0.1, 0.15) is 39.5 Å². The topological polar surface area (TPSA) is 74.2 Å². The van der Waals surface area contributed by atoms with E-state index < -0.39 is 23.8 Å². The zero-order valence-corrected chi connectivity index (χ0v) is 23.1. The number of aliphatic hydroxyl groups is 1. The van der Waals surface area contributed by atoms with Crippen molar-refractivity contribution in [2.45, 2.75) is 49.1 Å². The van der Waals surface area contributed by atoms with Crippen LogP contribution in [-0.2, 0) is 25.1 Å². The van der Waals surface area contributed by atoms with Crippen LogP contribution < -0.4 is 10.6 Å². The lowest BCUT2D eigenvalue weighted by Gasteiger charge is -2.25. The summed E-state index contributed by atoms with van der Waals surface area (Å²) in [6.45, 7) is 2.81. The first-order chi connectivity index (χ1) is 19.4. The SMILES string of the molecule is CCc1cccc(CNC[C@@H](O)[C@H](Cc2cc(F)cc(F)c2)NC(=O)c2cccc(SCc3ccncc3)c2)c1. The third-order valence-corrected chi connectivity index (χ3v) is 7.56. The summed E-state index contributed by atoms with van der Waals surface area (Å²) in [6.07, 6.45) is 3.47. The number of nitrogens with zero attached hydrogens (tertiary/aromatic N) is 1. The van der Waals surface area contributed by atoms with Gasteiger partial charge in [-0.2, -0.15) is 0 Å². The molecule has 0 aliphatic heterocycles. The number of aliphatic hydroxyl groups excluding tert-OH is 1. The zero-order chi connectivity index (χ0) is 28.3. The maximum absolute atomic E-state index is 13.9. The van der Waals surface area contributed by atoms with Gasteiger partial charge in [0.1, 0.15) is 11.6 Å². The molecule has 4 aromatic rings. The average Bonchev–Trinajstić information content (AvgIpc) is 2.96. The molecule has 0 bridgehead atoms. The van der Waals surface area contributed by atoms with Gasteiger partial charge in [0.05, 0.1) is 12.1 Å². The number of carbonyl (C=O) groups excluding carboxylic acids is 1. The monoisotopic (exact) mass is 561 g/mol. The summed E-state index contributed by atoms with van der Waals surface area (Å²) < 4.78 is 27.8. The summed E-state index contributed by atoms with van der Waals surface area (Å²) in [5.41, 5.74) is 4.21. The second-order valence-corrected chi connectivity index (χ2v) is 10.7. The minimum Gasteiger partial charge on any atom is -0.390 e. The predicted octanol–water partition coefficient (Wildman–Crippen LogP) is 5.71. The molecule has 4 rings (SSSR count). The van der Waals surface area contributed by atoms with Crippen molar-refractivity contribution in [3.8, 4) is 0 Å². The molecular formula is C32H33F2N3O2S. The van der Waals surface area contributed by atoms with Crippen molar-refractivity contribution < 1.29 is 18.7 Å². The van der Waals surface area contributed by atoms with Crippen LogP contribution in [0.15, 0.2) is 96.2 Å². The van der Waals surface area contributed by atoms with E-state index in [9.17, 15) is 18.7 Å². The third kappa shape index (κ3) is 8.98. The molecule has 0 spiro atoms. The molecule has 5 nitrogen and oxygen atoms in total. The van der Waals surface area contributed by atoms with Gasteiger partial charge >= 0.3 is 0 Å². The Morgan fingerprint density at radius 2 is 1.62 bits per heavy atom. The van der Waals surface area contributed by atoms with Gasteiger partial charge < -0.3 is 15.7 Å². The van der Waals surface area contributed by atoms with E-state index in [2.05, 4.69) is 34.7 Å². The Morgan fingerprint density at radius 1 is 0.900 bits per heavy atom. The number of halogens is 2. The summed E-state index contributed by atoms with van der Waals surface area (Å²) in [5, 5.41) is 17.2. The third-order valence-electron chi connectivity index (χ3n) is 6.49. The summed E-state index contributed by atoms with van der Waals surface area (Å²) in [5.74, 6) is -1.06. The number of benzene rings is 3.